The van der Waals surface area contributed by atoms with E-state index in [0.29, 0.717) is 23.7 Å². The summed E-state index contributed by atoms with van der Waals surface area (Å²) in [6.07, 6.45) is 0.438. The number of ether oxygens (including phenoxy) is 1. The Morgan fingerprint density at radius 1 is 1.17 bits per heavy atom. The average molecular weight is 429 g/mol. The van der Waals surface area contributed by atoms with Gasteiger partial charge in [-0.3, -0.25) is 4.79 Å². The van der Waals surface area contributed by atoms with Crippen molar-refractivity contribution in [1.29, 1.82) is 0 Å². The molecule has 3 aromatic rings. The van der Waals surface area contributed by atoms with Gasteiger partial charge >= 0.3 is 0 Å². The van der Waals surface area contributed by atoms with Gasteiger partial charge < -0.3 is 10.1 Å². The summed E-state index contributed by atoms with van der Waals surface area (Å²) in [6, 6.07) is 16.2. The van der Waals surface area contributed by atoms with E-state index >= 15 is 0 Å². The van der Waals surface area contributed by atoms with Gasteiger partial charge in [-0.25, -0.2) is 17.5 Å². The van der Waals surface area contributed by atoms with Gasteiger partial charge in [0, 0.05) is 11.6 Å². The Kier molecular flexibility index (Phi) is 5.54. The molecule has 0 radical (unpaired) electrons. The number of amides is 1. The maximum absolute atomic E-state index is 13.0. The topological polar surface area (TPSA) is 90.3 Å². The van der Waals surface area contributed by atoms with Gasteiger partial charge in [-0.1, -0.05) is 30.3 Å². The van der Waals surface area contributed by atoms with E-state index in [1.54, 1.807) is 10.7 Å². The van der Waals surface area contributed by atoms with Crippen LogP contribution >= 0.6 is 0 Å². The molecule has 0 unspecified atom stereocenters. The number of anilines is 1. The van der Waals surface area contributed by atoms with Crippen molar-refractivity contribution in [3.05, 3.63) is 66.5 Å². The fourth-order valence-electron chi connectivity index (χ4n) is 3.34. The fraction of sp³-hybridized carbons (Fsp3) is 0.238. The Morgan fingerprint density at radius 3 is 2.57 bits per heavy atom. The molecular formula is C21H20FN3O4S. The predicted octanol–water partition coefficient (Wildman–Crippen LogP) is 3.07. The lowest BCUT2D eigenvalue weighted by atomic mass is 10.1. The molecular weight excluding hydrogens is 409 g/mol. The van der Waals surface area contributed by atoms with E-state index in [-0.39, 0.29) is 24.2 Å². The zero-order chi connectivity index (χ0) is 21.1. The van der Waals surface area contributed by atoms with Gasteiger partial charge in [0.2, 0.25) is 0 Å². The number of carbonyl (C=O) groups is 1. The van der Waals surface area contributed by atoms with Crippen LogP contribution in [0.5, 0.6) is 5.75 Å². The molecule has 1 fully saturated rings. The van der Waals surface area contributed by atoms with Crippen LogP contribution in [0.2, 0.25) is 0 Å². The predicted molar refractivity (Wildman–Crippen MR) is 110 cm³/mol. The van der Waals surface area contributed by atoms with Crippen molar-refractivity contribution in [2.75, 3.05) is 23.4 Å². The molecule has 2 heterocycles. The van der Waals surface area contributed by atoms with Crippen LogP contribution in [0.15, 0.2) is 60.7 Å². The summed E-state index contributed by atoms with van der Waals surface area (Å²) in [6.45, 7) is -0.277. The van der Waals surface area contributed by atoms with E-state index in [4.69, 9.17) is 4.74 Å². The summed E-state index contributed by atoms with van der Waals surface area (Å²) < 4.78 is 43.8. The third kappa shape index (κ3) is 4.68. The molecule has 156 valence electrons. The second-order valence-corrected chi connectivity index (χ2v) is 9.30. The zero-order valence-corrected chi connectivity index (χ0v) is 16.8. The summed E-state index contributed by atoms with van der Waals surface area (Å²) in [7, 11) is -3.12. The minimum absolute atomic E-state index is 0.0160. The molecule has 1 aromatic heterocycles. The molecule has 7 nitrogen and oxygen atoms in total. The van der Waals surface area contributed by atoms with Crippen LogP contribution in [0.25, 0.3) is 11.3 Å². The number of hydrogen-bond donors (Lipinski definition) is 1. The SMILES string of the molecule is O=C(COc1ccc(F)cc1)Nc1cc(-c2ccccc2)nn1[C@@H]1CCS(=O)(=O)C1. The molecule has 4 rings (SSSR count). The van der Waals surface area contributed by atoms with Crippen molar-refractivity contribution < 1.29 is 22.3 Å². The molecule has 1 amide bonds. The van der Waals surface area contributed by atoms with Crippen LogP contribution in [0, 0.1) is 5.82 Å². The van der Waals surface area contributed by atoms with Gasteiger partial charge in [0.15, 0.2) is 16.4 Å². The lowest BCUT2D eigenvalue weighted by molar-refractivity contribution is -0.118. The molecule has 9 heteroatoms. The highest BCUT2D eigenvalue weighted by atomic mass is 32.2. The third-order valence-electron chi connectivity index (χ3n) is 4.81. The molecule has 30 heavy (non-hydrogen) atoms. The standard InChI is InChI=1S/C21H20FN3O4S/c22-16-6-8-18(9-7-16)29-13-21(26)23-20-12-19(15-4-2-1-3-5-15)24-25(20)17-10-11-30(27,28)14-17/h1-9,12,17H,10-11,13-14H2,(H,23,26)/t17-/m1/s1. The van der Waals surface area contributed by atoms with Crippen molar-refractivity contribution in [2.45, 2.75) is 12.5 Å². The van der Waals surface area contributed by atoms with E-state index in [2.05, 4.69) is 10.4 Å². The molecule has 1 N–H and O–H groups in total. The first-order valence-electron chi connectivity index (χ1n) is 9.43. The first-order chi connectivity index (χ1) is 14.4. The number of aromatic nitrogens is 2. The summed E-state index contributed by atoms with van der Waals surface area (Å²) in [5.41, 5.74) is 1.49. The van der Waals surface area contributed by atoms with Gasteiger partial charge in [0.1, 0.15) is 17.4 Å². The zero-order valence-electron chi connectivity index (χ0n) is 16.0. The molecule has 1 atom stereocenters. The highest BCUT2D eigenvalue weighted by molar-refractivity contribution is 7.91. The Bertz CT molecular complexity index is 1140. The van der Waals surface area contributed by atoms with Gasteiger partial charge in [-0.2, -0.15) is 5.10 Å². The van der Waals surface area contributed by atoms with E-state index in [1.165, 1.54) is 24.3 Å². The number of halogens is 1. The maximum atomic E-state index is 13.0. The van der Waals surface area contributed by atoms with Gasteiger partial charge in [0.25, 0.3) is 5.91 Å². The molecule has 1 aliphatic heterocycles. The van der Waals surface area contributed by atoms with E-state index < -0.39 is 21.6 Å². The Labute approximate surface area is 173 Å². The van der Waals surface area contributed by atoms with Crippen LogP contribution in [0.3, 0.4) is 0 Å². The van der Waals surface area contributed by atoms with Crippen LogP contribution in [-0.4, -0.2) is 42.2 Å². The second-order valence-electron chi connectivity index (χ2n) is 7.07. The van der Waals surface area contributed by atoms with Crippen molar-refractivity contribution in [1.82, 2.24) is 9.78 Å². The Balaban J connectivity index is 1.53. The van der Waals surface area contributed by atoms with Crippen LogP contribution < -0.4 is 10.1 Å². The Hall–Kier alpha value is -3.20. The number of hydrogen-bond acceptors (Lipinski definition) is 5. The quantitative estimate of drug-likeness (QED) is 0.650. The third-order valence-corrected chi connectivity index (χ3v) is 6.56. The minimum atomic E-state index is -3.12. The summed E-state index contributed by atoms with van der Waals surface area (Å²) in [4.78, 5) is 12.4. The van der Waals surface area contributed by atoms with Crippen LogP contribution in [0.4, 0.5) is 10.2 Å². The maximum Gasteiger partial charge on any atom is 0.263 e. The molecule has 0 aliphatic carbocycles. The van der Waals surface area contributed by atoms with E-state index in [1.807, 2.05) is 30.3 Å². The summed E-state index contributed by atoms with van der Waals surface area (Å²) in [5, 5.41) is 7.32. The fourth-order valence-corrected chi connectivity index (χ4v) is 5.03. The number of nitrogens with one attached hydrogen (secondary N) is 1. The molecule has 0 spiro atoms. The van der Waals surface area contributed by atoms with E-state index in [0.717, 1.165) is 5.56 Å². The number of benzene rings is 2. The summed E-state index contributed by atoms with van der Waals surface area (Å²) in [5.74, 6) is 0.0316. The highest BCUT2D eigenvalue weighted by Crippen LogP contribution is 2.30. The van der Waals surface area contributed by atoms with E-state index in [9.17, 15) is 17.6 Å². The van der Waals surface area contributed by atoms with Crippen molar-refractivity contribution in [2.24, 2.45) is 0 Å². The first-order valence-corrected chi connectivity index (χ1v) is 11.3. The number of carbonyl (C=O) groups excluding carboxylic acids is 1. The first kappa shape index (κ1) is 20.1. The summed E-state index contributed by atoms with van der Waals surface area (Å²) >= 11 is 0. The lowest BCUT2D eigenvalue weighted by Gasteiger charge is -2.14. The van der Waals surface area contributed by atoms with Crippen LogP contribution in [0.1, 0.15) is 12.5 Å². The van der Waals surface area contributed by atoms with Gasteiger partial charge in [-0.05, 0) is 30.7 Å². The molecule has 1 saturated heterocycles. The van der Waals surface area contributed by atoms with Gasteiger partial charge in [-0.15, -0.1) is 0 Å². The average Bonchev–Trinajstić information content (AvgIpc) is 3.31. The minimum Gasteiger partial charge on any atom is -0.484 e. The smallest absolute Gasteiger partial charge is 0.263 e. The monoisotopic (exact) mass is 429 g/mol. The largest absolute Gasteiger partial charge is 0.484 e. The number of nitrogens with zero attached hydrogens (tertiary/aromatic N) is 2. The van der Waals surface area contributed by atoms with Crippen molar-refractivity contribution in [3.8, 4) is 17.0 Å². The number of sulfone groups is 1. The normalized spacial score (nSPS) is 17.6. The lowest BCUT2D eigenvalue weighted by Crippen LogP contribution is -2.23. The molecule has 2 aromatic carbocycles. The molecule has 0 bridgehead atoms. The molecule has 1 aliphatic rings. The van der Waals surface area contributed by atoms with Crippen molar-refractivity contribution in [3.63, 3.8) is 0 Å². The highest BCUT2D eigenvalue weighted by Gasteiger charge is 2.31. The number of rotatable bonds is 6. The van der Waals surface area contributed by atoms with Crippen molar-refractivity contribution >= 4 is 21.6 Å². The molecule has 0 saturated carbocycles. The second kappa shape index (κ2) is 8.27. The Morgan fingerprint density at radius 2 is 1.90 bits per heavy atom. The van der Waals surface area contributed by atoms with Gasteiger partial charge in [0.05, 0.1) is 23.2 Å². The van der Waals surface area contributed by atoms with Crippen LogP contribution in [-0.2, 0) is 14.6 Å².